The maximum absolute atomic E-state index is 13.5. The van der Waals surface area contributed by atoms with Gasteiger partial charge >= 0.3 is 0 Å². The molecule has 3 aliphatic heterocycles. The van der Waals surface area contributed by atoms with Gasteiger partial charge in [0.2, 0.25) is 11.8 Å². The van der Waals surface area contributed by atoms with Crippen LogP contribution in [0.4, 0.5) is 5.69 Å². The molecule has 0 saturated carbocycles. The highest BCUT2D eigenvalue weighted by Crippen LogP contribution is 2.52. The monoisotopic (exact) mass is 473 g/mol. The van der Waals surface area contributed by atoms with Crippen LogP contribution >= 0.6 is 0 Å². The van der Waals surface area contributed by atoms with Gasteiger partial charge in [-0.2, -0.15) is 0 Å². The lowest BCUT2D eigenvalue weighted by molar-refractivity contribution is -0.135. The third-order valence-corrected chi connectivity index (χ3v) is 7.43. The highest BCUT2D eigenvalue weighted by atomic mass is 16.5. The first-order valence-corrected chi connectivity index (χ1v) is 11.8. The van der Waals surface area contributed by atoms with E-state index in [-0.39, 0.29) is 11.8 Å². The lowest BCUT2D eigenvalue weighted by Crippen LogP contribution is -2.41. The molecule has 3 aromatic rings. The van der Waals surface area contributed by atoms with Crippen molar-refractivity contribution in [1.82, 2.24) is 9.88 Å². The van der Waals surface area contributed by atoms with Crippen molar-refractivity contribution in [2.75, 3.05) is 32.6 Å². The maximum atomic E-state index is 13.5. The molecule has 180 valence electrons. The number of carbonyl (C=O) groups is 2. The van der Waals surface area contributed by atoms with Crippen LogP contribution in [0.15, 0.2) is 60.8 Å². The van der Waals surface area contributed by atoms with Crippen LogP contribution in [0, 0.1) is 11.8 Å². The molecular formula is C27H27N3O5. The Morgan fingerprint density at radius 1 is 1.20 bits per heavy atom. The molecule has 0 unspecified atom stereocenters. The second-order valence-corrected chi connectivity index (χ2v) is 9.36. The van der Waals surface area contributed by atoms with Crippen LogP contribution in [0.5, 0.6) is 11.5 Å². The number of likely N-dealkylation sites (tertiary alicyclic amines) is 1. The molecule has 4 heterocycles. The number of anilines is 1. The van der Waals surface area contributed by atoms with Crippen LogP contribution in [0.1, 0.15) is 5.56 Å². The summed E-state index contributed by atoms with van der Waals surface area (Å²) in [5, 5.41) is 4.12. The minimum atomic E-state index is -0.740. The molecule has 0 radical (unpaired) electrons. The highest BCUT2D eigenvalue weighted by Gasteiger charge is 2.66. The standard InChI is InChI=1S/C27H27N3O5/c1-33-18-11-17(12-19(13-18)34-2)29-25(31)23-22-7-9-27(35-22)15-30(26(32)24(23)27)10-8-16-14-28-21-6-4-3-5-20(16)21/h3-7,9,11-14,22-24,28H,8,10,15H2,1-2H3,(H,29,31)/t22-,23-,24-,27-/m1/s1. The van der Waals surface area contributed by atoms with Crippen molar-refractivity contribution in [3.8, 4) is 11.5 Å². The van der Waals surface area contributed by atoms with E-state index in [1.165, 1.54) is 10.9 Å². The molecule has 1 aromatic heterocycles. The predicted octanol–water partition coefficient (Wildman–Crippen LogP) is 3.15. The summed E-state index contributed by atoms with van der Waals surface area (Å²) in [5.74, 6) is -0.259. The number of aromatic amines is 1. The van der Waals surface area contributed by atoms with Crippen molar-refractivity contribution in [1.29, 1.82) is 0 Å². The number of nitrogens with one attached hydrogen (secondary N) is 2. The Balaban J connectivity index is 1.20. The lowest BCUT2D eigenvalue weighted by atomic mass is 9.77. The molecule has 1 spiro atoms. The number of hydrogen-bond donors (Lipinski definition) is 2. The van der Waals surface area contributed by atoms with Crippen LogP contribution in [0.3, 0.4) is 0 Å². The Kier molecular flexibility index (Phi) is 5.07. The van der Waals surface area contributed by atoms with Crippen molar-refractivity contribution in [2.24, 2.45) is 11.8 Å². The Morgan fingerprint density at radius 3 is 2.74 bits per heavy atom. The average molecular weight is 474 g/mol. The van der Waals surface area contributed by atoms with Gasteiger partial charge in [0, 0.05) is 47.5 Å². The molecule has 0 aliphatic carbocycles. The predicted molar refractivity (Wildman–Crippen MR) is 130 cm³/mol. The third-order valence-electron chi connectivity index (χ3n) is 7.43. The van der Waals surface area contributed by atoms with Crippen LogP contribution in [0.2, 0.25) is 0 Å². The van der Waals surface area contributed by atoms with E-state index >= 15 is 0 Å². The quantitative estimate of drug-likeness (QED) is 0.515. The minimum Gasteiger partial charge on any atom is -0.497 e. The number of carbonyl (C=O) groups excluding carboxylic acids is 2. The zero-order chi connectivity index (χ0) is 24.2. The van der Waals surface area contributed by atoms with Crippen molar-refractivity contribution in [3.63, 3.8) is 0 Å². The van der Waals surface area contributed by atoms with Gasteiger partial charge in [0.25, 0.3) is 0 Å². The molecule has 2 N–H and O–H groups in total. The molecule has 8 heteroatoms. The number of ether oxygens (including phenoxy) is 3. The van der Waals surface area contributed by atoms with Gasteiger partial charge in [0.05, 0.1) is 38.7 Å². The molecule has 2 amide bonds. The lowest BCUT2D eigenvalue weighted by Gasteiger charge is -2.23. The summed E-state index contributed by atoms with van der Waals surface area (Å²) < 4.78 is 16.9. The van der Waals surface area contributed by atoms with E-state index in [0.29, 0.717) is 30.3 Å². The molecule has 2 fully saturated rings. The smallest absolute Gasteiger partial charge is 0.231 e. The van der Waals surface area contributed by atoms with Crippen molar-refractivity contribution >= 4 is 28.4 Å². The van der Waals surface area contributed by atoms with E-state index in [4.69, 9.17) is 14.2 Å². The van der Waals surface area contributed by atoms with E-state index in [1.807, 2.05) is 41.4 Å². The molecule has 2 aromatic carbocycles. The first kappa shape index (κ1) is 21.7. The average Bonchev–Trinajstić information content (AvgIpc) is 3.62. The number of H-pyrrole nitrogens is 1. The number of para-hydroxylation sites is 1. The number of nitrogens with zero attached hydrogens (tertiary/aromatic N) is 1. The SMILES string of the molecule is COc1cc(NC(=O)[C@@H]2[C@H]3C=C[C@]4(CN(CCc5c[nH]c6ccccc56)C(=O)[C@@H]24)O3)cc(OC)c1. The summed E-state index contributed by atoms with van der Waals surface area (Å²) in [7, 11) is 3.11. The first-order valence-electron chi connectivity index (χ1n) is 11.8. The summed E-state index contributed by atoms with van der Waals surface area (Å²) in [6.07, 6.45) is 6.22. The number of fused-ring (bicyclic) bond motifs is 2. The summed E-state index contributed by atoms with van der Waals surface area (Å²) >= 11 is 0. The van der Waals surface area contributed by atoms with Gasteiger partial charge in [-0.15, -0.1) is 0 Å². The van der Waals surface area contributed by atoms with Crippen LogP contribution in [-0.4, -0.2) is 60.7 Å². The third kappa shape index (κ3) is 3.47. The van der Waals surface area contributed by atoms with Gasteiger partial charge in [0.1, 0.15) is 17.1 Å². The molecule has 4 atom stereocenters. The Hall–Kier alpha value is -3.78. The summed E-state index contributed by atoms with van der Waals surface area (Å²) in [5.41, 5.74) is 2.07. The van der Waals surface area contributed by atoms with Gasteiger partial charge in [-0.05, 0) is 18.1 Å². The van der Waals surface area contributed by atoms with E-state index in [2.05, 4.69) is 16.4 Å². The van der Waals surface area contributed by atoms with E-state index in [9.17, 15) is 9.59 Å². The van der Waals surface area contributed by atoms with Gasteiger partial charge in [-0.1, -0.05) is 30.4 Å². The number of rotatable bonds is 7. The maximum Gasteiger partial charge on any atom is 0.231 e. The zero-order valence-electron chi connectivity index (χ0n) is 19.6. The second kappa shape index (κ2) is 8.16. The topological polar surface area (TPSA) is 92.9 Å². The van der Waals surface area contributed by atoms with Gasteiger partial charge in [0.15, 0.2) is 0 Å². The Bertz CT molecular complexity index is 1330. The fraction of sp³-hybridized carbons (Fsp3) is 0.333. The minimum absolute atomic E-state index is 0.0277. The van der Waals surface area contributed by atoms with Crippen LogP contribution < -0.4 is 14.8 Å². The summed E-state index contributed by atoms with van der Waals surface area (Å²) in [6.45, 7) is 1.03. The molecule has 2 bridgehead atoms. The number of methoxy groups -OCH3 is 2. The Labute approximate surface area is 202 Å². The largest absolute Gasteiger partial charge is 0.497 e. The molecule has 35 heavy (non-hydrogen) atoms. The van der Waals surface area contributed by atoms with Crippen LogP contribution in [-0.2, 0) is 20.7 Å². The van der Waals surface area contributed by atoms with Crippen molar-refractivity contribution < 1.29 is 23.8 Å². The first-order chi connectivity index (χ1) is 17.0. The van der Waals surface area contributed by atoms with Crippen molar-refractivity contribution in [3.05, 3.63) is 66.4 Å². The van der Waals surface area contributed by atoms with Gasteiger partial charge in [-0.25, -0.2) is 0 Å². The fourth-order valence-corrected chi connectivity index (χ4v) is 5.77. The highest BCUT2D eigenvalue weighted by molar-refractivity contribution is 5.99. The molecule has 6 rings (SSSR count). The zero-order valence-corrected chi connectivity index (χ0v) is 19.6. The number of amides is 2. The normalized spacial score (nSPS) is 26.4. The van der Waals surface area contributed by atoms with Crippen molar-refractivity contribution in [2.45, 2.75) is 18.1 Å². The number of aromatic nitrogens is 1. The summed E-state index contributed by atoms with van der Waals surface area (Å²) in [6, 6.07) is 13.3. The van der Waals surface area contributed by atoms with Gasteiger partial charge < -0.3 is 29.4 Å². The number of benzene rings is 2. The van der Waals surface area contributed by atoms with E-state index in [0.717, 1.165) is 11.9 Å². The van der Waals surface area contributed by atoms with E-state index in [1.54, 1.807) is 32.4 Å². The molecule has 3 aliphatic rings. The Morgan fingerprint density at radius 2 is 1.97 bits per heavy atom. The second-order valence-electron chi connectivity index (χ2n) is 9.36. The number of hydrogen-bond acceptors (Lipinski definition) is 5. The van der Waals surface area contributed by atoms with Crippen LogP contribution in [0.25, 0.3) is 10.9 Å². The molecule has 2 saturated heterocycles. The molecular weight excluding hydrogens is 446 g/mol. The summed E-state index contributed by atoms with van der Waals surface area (Å²) in [4.78, 5) is 32.1. The fourth-order valence-electron chi connectivity index (χ4n) is 5.77. The van der Waals surface area contributed by atoms with E-state index < -0.39 is 23.5 Å². The van der Waals surface area contributed by atoms with Gasteiger partial charge in [-0.3, -0.25) is 9.59 Å². The molecule has 8 nitrogen and oxygen atoms in total.